The third kappa shape index (κ3) is 5.01. The molecule has 1 aromatic heterocycles. The Kier molecular flexibility index (Phi) is 7.06. The molecule has 0 aliphatic rings. The van der Waals surface area contributed by atoms with Crippen molar-refractivity contribution in [2.75, 3.05) is 13.2 Å². The first kappa shape index (κ1) is 20.1. The van der Waals surface area contributed by atoms with Crippen LogP contribution in [0.15, 0.2) is 6.07 Å². The van der Waals surface area contributed by atoms with E-state index in [4.69, 9.17) is 20.1 Å². The minimum Gasteiger partial charge on any atom is -0.462 e. The number of nitrogens with zero attached hydrogens (tertiary/aromatic N) is 2. The number of Topliss-reactive ketones (excluding diaryl/α,β-unsaturated/α-hetero) is 1. The summed E-state index contributed by atoms with van der Waals surface area (Å²) < 4.78 is 11.4. The van der Waals surface area contributed by atoms with Crippen molar-refractivity contribution < 1.29 is 23.9 Å². The number of aryl methyl sites for hydroxylation is 1. The molecule has 1 N–H and O–H groups in total. The first-order valence-electron chi connectivity index (χ1n) is 7.69. The number of ether oxygens (including phenoxy) is 2. The van der Waals surface area contributed by atoms with Crippen molar-refractivity contribution in [2.45, 2.75) is 34.2 Å². The van der Waals surface area contributed by atoms with Gasteiger partial charge in [0.15, 0.2) is 12.4 Å². The molecule has 8 heteroatoms. The highest BCUT2D eigenvalue weighted by molar-refractivity contribution is 6.06. The average Bonchev–Trinajstić information content (AvgIpc) is 2.81. The van der Waals surface area contributed by atoms with Gasteiger partial charge in [-0.25, -0.2) is 4.79 Å². The number of carbonyl (C=O) groups excluding carboxylic acids is 3. The van der Waals surface area contributed by atoms with Crippen LogP contribution in [0.2, 0.25) is 0 Å². The van der Waals surface area contributed by atoms with E-state index in [0.29, 0.717) is 17.0 Å². The second-order valence-electron chi connectivity index (χ2n) is 5.46. The Morgan fingerprint density at radius 2 is 1.96 bits per heavy atom. The van der Waals surface area contributed by atoms with Gasteiger partial charge in [-0.3, -0.25) is 9.59 Å². The van der Waals surface area contributed by atoms with Crippen LogP contribution in [0, 0.1) is 36.5 Å². The molecule has 0 aliphatic carbocycles. The maximum absolute atomic E-state index is 12.0. The summed E-state index contributed by atoms with van der Waals surface area (Å²) in [5.74, 6) is -3.00. The van der Waals surface area contributed by atoms with Crippen LogP contribution in [-0.2, 0) is 25.6 Å². The molecule has 0 aliphatic heterocycles. The van der Waals surface area contributed by atoms with Gasteiger partial charge in [0.1, 0.15) is 12.5 Å². The number of hydrogen-bond acceptors (Lipinski definition) is 7. The van der Waals surface area contributed by atoms with Gasteiger partial charge >= 0.3 is 11.9 Å². The fourth-order valence-corrected chi connectivity index (χ4v) is 2.28. The molecule has 0 aromatic carbocycles. The minimum absolute atomic E-state index is 0.0975. The fraction of sp³-hybridized carbons (Fsp3) is 0.471. The molecule has 1 rings (SSSR count). The standard InChI is InChI=1S/C17H21N3O5/c1-5-24-17(23)13-6-10(2)20(12(13)4)8-16(22)25-9-15(21)14(7-18)11(3)19/h6,14,19H,5,8-9H2,1-4H3/t14-/m1/s1. The third-order valence-corrected chi connectivity index (χ3v) is 3.62. The second kappa shape index (κ2) is 8.78. The molecule has 8 nitrogen and oxygen atoms in total. The summed E-state index contributed by atoms with van der Waals surface area (Å²) in [4.78, 5) is 35.6. The predicted octanol–water partition coefficient (Wildman–Crippen LogP) is 1.57. The summed E-state index contributed by atoms with van der Waals surface area (Å²) in [6.07, 6.45) is 0. The van der Waals surface area contributed by atoms with E-state index in [1.165, 1.54) is 6.92 Å². The van der Waals surface area contributed by atoms with Crippen LogP contribution < -0.4 is 0 Å². The zero-order valence-corrected chi connectivity index (χ0v) is 14.7. The quantitative estimate of drug-likeness (QED) is 0.562. The van der Waals surface area contributed by atoms with E-state index < -0.39 is 30.2 Å². The molecule has 0 amide bonds. The Morgan fingerprint density at radius 1 is 1.32 bits per heavy atom. The molecule has 25 heavy (non-hydrogen) atoms. The van der Waals surface area contributed by atoms with Crippen molar-refractivity contribution in [2.24, 2.45) is 5.92 Å². The lowest BCUT2D eigenvalue weighted by Crippen LogP contribution is -2.27. The normalized spacial score (nSPS) is 11.3. The highest BCUT2D eigenvalue weighted by Crippen LogP contribution is 2.16. The minimum atomic E-state index is -1.21. The number of nitrogens with one attached hydrogen (secondary N) is 1. The second-order valence-corrected chi connectivity index (χ2v) is 5.46. The molecule has 1 heterocycles. The molecule has 0 radical (unpaired) electrons. The molecule has 1 aromatic rings. The number of esters is 2. The fourth-order valence-electron chi connectivity index (χ4n) is 2.28. The van der Waals surface area contributed by atoms with Gasteiger partial charge in [-0.1, -0.05) is 0 Å². The van der Waals surface area contributed by atoms with Gasteiger partial charge in [-0.05, 0) is 33.8 Å². The van der Waals surface area contributed by atoms with Crippen LogP contribution in [0.4, 0.5) is 0 Å². The van der Waals surface area contributed by atoms with Gasteiger partial charge in [0.2, 0.25) is 0 Å². The molecule has 0 bridgehead atoms. The highest BCUT2D eigenvalue weighted by Gasteiger charge is 2.22. The number of aromatic nitrogens is 1. The average molecular weight is 347 g/mol. The molecule has 0 unspecified atom stereocenters. The van der Waals surface area contributed by atoms with Crippen molar-refractivity contribution in [1.29, 1.82) is 10.7 Å². The summed E-state index contributed by atoms with van der Waals surface area (Å²) in [6.45, 7) is 5.97. The van der Waals surface area contributed by atoms with Crippen molar-refractivity contribution in [1.82, 2.24) is 4.57 Å². The van der Waals surface area contributed by atoms with Gasteiger partial charge in [0.25, 0.3) is 0 Å². The number of nitriles is 1. The Labute approximate surface area is 145 Å². The number of ketones is 1. The van der Waals surface area contributed by atoms with Crippen molar-refractivity contribution in [3.63, 3.8) is 0 Å². The maximum Gasteiger partial charge on any atom is 0.339 e. The number of carbonyl (C=O) groups is 3. The first-order chi connectivity index (χ1) is 11.7. The van der Waals surface area contributed by atoms with Crippen LogP contribution in [0.5, 0.6) is 0 Å². The van der Waals surface area contributed by atoms with Crippen LogP contribution in [0.3, 0.4) is 0 Å². The van der Waals surface area contributed by atoms with Gasteiger partial charge in [0, 0.05) is 17.1 Å². The molecule has 134 valence electrons. The van der Waals surface area contributed by atoms with Crippen LogP contribution in [0.1, 0.15) is 35.6 Å². The van der Waals surface area contributed by atoms with Gasteiger partial charge in [-0.2, -0.15) is 5.26 Å². The van der Waals surface area contributed by atoms with Gasteiger partial charge in [-0.15, -0.1) is 0 Å². The lowest BCUT2D eigenvalue weighted by atomic mass is 10.0. The highest BCUT2D eigenvalue weighted by atomic mass is 16.5. The monoisotopic (exact) mass is 347 g/mol. The van der Waals surface area contributed by atoms with Crippen molar-refractivity contribution >= 4 is 23.4 Å². The Morgan fingerprint density at radius 3 is 2.48 bits per heavy atom. The van der Waals surface area contributed by atoms with E-state index in [2.05, 4.69) is 0 Å². The number of rotatable bonds is 8. The molecule has 0 spiro atoms. The zero-order chi connectivity index (χ0) is 19.1. The first-order valence-corrected chi connectivity index (χ1v) is 7.69. The number of hydrogen-bond donors (Lipinski definition) is 1. The summed E-state index contributed by atoms with van der Waals surface area (Å²) in [5.41, 5.74) is 1.51. The van der Waals surface area contributed by atoms with E-state index >= 15 is 0 Å². The van der Waals surface area contributed by atoms with Gasteiger partial charge in [0.05, 0.1) is 18.2 Å². The SMILES string of the molecule is CCOC(=O)c1cc(C)n(CC(=O)OCC(=O)[C@H](C#N)C(C)=N)c1C. The third-order valence-electron chi connectivity index (χ3n) is 3.62. The lowest BCUT2D eigenvalue weighted by molar-refractivity contribution is -0.148. The topological polar surface area (TPSA) is 122 Å². The predicted molar refractivity (Wildman–Crippen MR) is 88.3 cm³/mol. The van der Waals surface area contributed by atoms with Crippen LogP contribution in [-0.4, -0.2) is 41.2 Å². The van der Waals surface area contributed by atoms with E-state index in [9.17, 15) is 14.4 Å². The lowest BCUT2D eigenvalue weighted by Gasteiger charge is -2.11. The smallest absolute Gasteiger partial charge is 0.339 e. The Hall–Kier alpha value is -2.95. The Bertz CT molecular complexity index is 742. The zero-order valence-electron chi connectivity index (χ0n) is 14.7. The summed E-state index contributed by atoms with van der Waals surface area (Å²) >= 11 is 0. The molecule has 1 atom stereocenters. The summed E-state index contributed by atoms with van der Waals surface area (Å²) in [6, 6.07) is 3.32. The molecular formula is C17H21N3O5. The van der Waals surface area contributed by atoms with Crippen LogP contribution in [0.25, 0.3) is 0 Å². The molecule has 0 fully saturated rings. The summed E-state index contributed by atoms with van der Waals surface area (Å²) in [7, 11) is 0. The van der Waals surface area contributed by atoms with Crippen molar-refractivity contribution in [3.05, 3.63) is 23.0 Å². The molecular weight excluding hydrogens is 326 g/mol. The maximum atomic E-state index is 12.0. The van der Waals surface area contributed by atoms with E-state index in [1.807, 2.05) is 0 Å². The van der Waals surface area contributed by atoms with Crippen molar-refractivity contribution in [3.8, 4) is 6.07 Å². The van der Waals surface area contributed by atoms with Crippen LogP contribution >= 0.6 is 0 Å². The summed E-state index contributed by atoms with van der Waals surface area (Å²) in [5, 5.41) is 16.2. The van der Waals surface area contributed by atoms with E-state index in [-0.39, 0.29) is 18.9 Å². The van der Waals surface area contributed by atoms with E-state index in [1.54, 1.807) is 37.5 Å². The largest absolute Gasteiger partial charge is 0.462 e. The molecule has 0 saturated heterocycles. The van der Waals surface area contributed by atoms with Gasteiger partial charge < -0.3 is 19.5 Å². The molecule has 0 saturated carbocycles. The van der Waals surface area contributed by atoms with E-state index in [0.717, 1.165) is 0 Å². The Balaban J connectivity index is 2.75.